The molecule has 0 fully saturated rings. The van der Waals surface area contributed by atoms with Crippen molar-refractivity contribution in [2.75, 3.05) is 0 Å². The van der Waals surface area contributed by atoms with Gasteiger partial charge in [0.2, 0.25) is 0 Å². The Balaban J connectivity index is 4.94. The summed E-state index contributed by atoms with van der Waals surface area (Å²) in [4.78, 5) is 24.3. The lowest BCUT2D eigenvalue weighted by Gasteiger charge is -2.40. The molecule has 0 rings (SSSR count). The summed E-state index contributed by atoms with van der Waals surface area (Å²) < 4.78 is 12.0. The second-order valence-electron chi connectivity index (χ2n) is 8.36. The average molecular weight is 359 g/mol. The zero-order valence-corrected chi connectivity index (χ0v) is 18.4. The third-order valence-corrected chi connectivity index (χ3v) is 9.95. The first-order valence-corrected chi connectivity index (χ1v) is 12.1. The molecule has 0 saturated heterocycles. The van der Waals surface area contributed by atoms with Gasteiger partial charge < -0.3 is 9.16 Å². The molecule has 0 aliphatic rings. The van der Waals surface area contributed by atoms with Crippen LogP contribution in [0.3, 0.4) is 0 Å². The van der Waals surface area contributed by atoms with Gasteiger partial charge in [-0.3, -0.25) is 9.59 Å². The van der Waals surface area contributed by atoms with E-state index in [-0.39, 0.29) is 34.7 Å². The van der Waals surface area contributed by atoms with Gasteiger partial charge in [0.25, 0.3) is 0 Å². The number of ether oxygens (including phenoxy) is 1. The minimum atomic E-state index is -1.94. The number of carbonyl (C=O) groups is 2. The van der Waals surface area contributed by atoms with Crippen LogP contribution in [0.5, 0.6) is 0 Å². The maximum absolute atomic E-state index is 12.5. The van der Waals surface area contributed by atoms with Gasteiger partial charge in [-0.25, -0.2) is 0 Å². The summed E-state index contributed by atoms with van der Waals surface area (Å²) in [5.41, 5.74) is 0. The molecule has 0 aromatic heterocycles. The molecule has 0 N–H and O–H groups in total. The molecule has 0 heterocycles. The summed E-state index contributed by atoms with van der Waals surface area (Å²) >= 11 is 0. The lowest BCUT2D eigenvalue weighted by Crippen LogP contribution is -2.47. The van der Waals surface area contributed by atoms with Gasteiger partial charge in [-0.1, -0.05) is 41.5 Å². The molecule has 4 nitrogen and oxygen atoms in total. The number of carbonyl (C=O) groups excluding carboxylic acids is 2. The minimum absolute atomic E-state index is 0.0966. The number of Topliss-reactive ketones (excluding diaryl/α,β-unsaturated/α-hetero) is 1. The second-order valence-corrected chi connectivity index (χ2v) is 13.1. The van der Waals surface area contributed by atoms with Crippen LogP contribution in [0.2, 0.25) is 18.1 Å². The molecule has 24 heavy (non-hydrogen) atoms. The maximum Gasteiger partial charge on any atom is 0.311 e. The molecule has 0 radical (unpaired) electrons. The van der Waals surface area contributed by atoms with Crippen molar-refractivity contribution in [1.29, 1.82) is 0 Å². The summed E-state index contributed by atoms with van der Waals surface area (Å²) in [7, 11) is -1.94. The van der Waals surface area contributed by atoms with E-state index < -0.39 is 14.4 Å². The number of hydrogen-bond acceptors (Lipinski definition) is 4. The van der Waals surface area contributed by atoms with Crippen molar-refractivity contribution in [3.8, 4) is 0 Å². The smallest absolute Gasteiger partial charge is 0.311 e. The first kappa shape index (κ1) is 23.3. The Labute approximate surface area is 149 Å². The molecule has 0 saturated carbocycles. The highest BCUT2D eigenvalue weighted by atomic mass is 28.4. The van der Waals surface area contributed by atoms with E-state index in [0.29, 0.717) is 6.42 Å². The Bertz CT molecular complexity index is 426. The molecule has 0 unspecified atom stereocenters. The van der Waals surface area contributed by atoms with Crippen molar-refractivity contribution >= 4 is 20.1 Å². The van der Waals surface area contributed by atoms with Crippen molar-refractivity contribution in [2.24, 2.45) is 11.8 Å². The largest absolute Gasteiger partial charge is 0.462 e. The fraction of sp³-hybridized carbons (Fsp3) is 0.895. The summed E-state index contributed by atoms with van der Waals surface area (Å²) in [6.45, 7) is 20.3. The van der Waals surface area contributed by atoms with Gasteiger partial charge in [0.05, 0.1) is 17.9 Å². The predicted molar refractivity (Wildman–Crippen MR) is 102 cm³/mol. The minimum Gasteiger partial charge on any atom is -0.462 e. The fourth-order valence-corrected chi connectivity index (χ4v) is 3.70. The monoisotopic (exact) mass is 358 g/mol. The molecule has 0 bridgehead atoms. The quantitative estimate of drug-likeness (QED) is 0.431. The van der Waals surface area contributed by atoms with E-state index >= 15 is 0 Å². The highest BCUT2D eigenvalue weighted by Crippen LogP contribution is 2.38. The summed E-state index contributed by atoms with van der Waals surface area (Å²) in [6.07, 6.45) is 0.672. The van der Waals surface area contributed by atoms with Crippen LogP contribution in [-0.4, -0.2) is 32.3 Å². The van der Waals surface area contributed by atoms with Crippen molar-refractivity contribution in [3.05, 3.63) is 0 Å². The highest BCUT2D eigenvalue weighted by Gasteiger charge is 2.41. The molecular formula is C19H38O4Si. The zero-order chi connectivity index (χ0) is 19.3. The Morgan fingerprint density at radius 1 is 1.00 bits per heavy atom. The molecule has 0 aliphatic carbocycles. The number of esters is 1. The summed E-state index contributed by atoms with van der Waals surface area (Å²) in [5.74, 6) is -0.764. The summed E-state index contributed by atoms with van der Waals surface area (Å²) in [5, 5.41) is 0.0966. The van der Waals surface area contributed by atoms with E-state index in [1.807, 2.05) is 27.7 Å². The zero-order valence-electron chi connectivity index (χ0n) is 17.4. The first-order valence-electron chi connectivity index (χ1n) is 9.19. The molecule has 0 aliphatic heterocycles. The lowest BCUT2D eigenvalue weighted by atomic mass is 9.98. The van der Waals surface area contributed by atoms with Crippen LogP contribution in [0, 0.1) is 11.8 Å². The first-order chi connectivity index (χ1) is 10.8. The third kappa shape index (κ3) is 6.32. The Hall–Kier alpha value is -0.683. The van der Waals surface area contributed by atoms with Gasteiger partial charge in [-0.05, 0) is 38.4 Å². The average Bonchev–Trinajstić information content (AvgIpc) is 2.48. The van der Waals surface area contributed by atoms with Crippen molar-refractivity contribution in [3.63, 3.8) is 0 Å². The topological polar surface area (TPSA) is 52.6 Å². The van der Waals surface area contributed by atoms with E-state index in [1.165, 1.54) is 0 Å². The van der Waals surface area contributed by atoms with Crippen LogP contribution in [0.25, 0.3) is 0 Å². The standard InChI is InChI=1S/C19H38O4Si/c1-11-16(20)13(3)15(5)22-18(21)14(4)17(12-2)23-24(9,10)19(6,7)8/h13-15,17H,11-12H2,1-10H3/t13-,14+,15+,17+/m1/s1. The van der Waals surface area contributed by atoms with Gasteiger partial charge in [-0.2, -0.15) is 0 Å². The molecule has 0 spiro atoms. The van der Waals surface area contributed by atoms with E-state index in [0.717, 1.165) is 6.42 Å². The van der Waals surface area contributed by atoms with E-state index in [9.17, 15) is 9.59 Å². The van der Waals surface area contributed by atoms with E-state index in [4.69, 9.17) is 9.16 Å². The molecular weight excluding hydrogens is 320 g/mol. The molecule has 0 aromatic rings. The Morgan fingerprint density at radius 3 is 1.88 bits per heavy atom. The molecule has 4 atom stereocenters. The van der Waals surface area contributed by atoms with Crippen LogP contribution < -0.4 is 0 Å². The van der Waals surface area contributed by atoms with Crippen molar-refractivity contribution < 1.29 is 18.8 Å². The van der Waals surface area contributed by atoms with Gasteiger partial charge >= 0.3 is 5.97 Å². The van der Waals surface area contributed by atoms with Crippen molar-refractivity contribution in [1.82, 2.24) is 0 Å². The molecule has 5 heteroatoms. The van der Waals surface area contributed by atoms with Crippen molar-refractivity contribution in [2.45, 2.75) is 98.6 Å². The predicted octanol–water partition coefficient (Wildman–Crippen LogP) is 4.97. The van der Waals surface area contributed by atoms with E-state index in [1.54, 1.807) is 6.92 Å². The molecule has 142 valence electrons. The highest BCUT2D eigenvalue weighted by molar-refractivity contribution is 6.74. The SMILES string of the molecule is CCC(=O)[C@H](C)[C@H](C)OC(=O)[C@@H](C)[C@H](CC)O[Si](C)(C)C(C)(C)C. The van der Waals surface area contributed by atoms with Gasteiger partial charge in [-0.15, -0.1) is 0 Å². The third-order valence-electron chi connectivity index (χ3n) is 5.45. The number of hydrogen-bond donors (Lipinski definition) is 0. The summed E-state index contributed by atoms with van der Waals surface area (Å²) in [6, 6.07) is 0. The molecule has 0 amide bonds. The van der Waals surface area contributed by atoms with Crippen LogP contribution in [0.1, 0.15) is 68.2 Å². The van der Waals surface area contributed by atoms with Gasteiger partial charge in [0, 0.05) is 6.42 Å². The van der Waals surface area contributed by atoms with Crippen LogP contribution in [0.15, 0.2) is 0 Å². The second kappa shape index (κ2) is 9.14. The Morgan fingerprint density at radius 2 is 1.50 bits per heavy atom. The normalized spacial score (nSPS) is 17.8. The van der Waals surface area contributed by atoms with Gasteiger partial charge in [0.15, 0.2) is 8.32 Å². The van der Waals surface area contributed by atoms with Crippen LogP contribution in [-0.2, 0) is 18.8 Å². The number of rotatable bonds is 9. The molecule has 0 aromatic carbocycles. The lowest BCUT2D eigenvalue weighted by molar-refractivity contribution is -0.159. The van der Waals surface area contributed by atoms with E-state index in [2.05, 4.69) is 33.9 Å². The fourth-order valence-electron chi connectivity index (χ4n) is 2.22. The Kier molecular flexibility index (Phi) is 8.88. The van der Waals surface area contributed by atoms with Crippen LogP contribution >= 0.6 is 0 Å². The number of ketones is 1. The van der Waals surface area contributed by atoms with Gasteiger partial charge in [0.1, 0.15) is 11.9 Å². The maximum atomic E-state index is 12.5. The van der Waals surface area contributed by atoms with Crippen LogP contribution in [0.4, 0.5) is 0 Å².